The Bertz CT molecular complexity index is 216. The van der Waals surface area contributed by atoms with Crippen molar-refractivity contribution in [1.82, 2.24) is 15.5 Å². The first-order valence-electron chi connectivity index (χ1n) is 6.27. The van der Waals surface area contributed by atoms with Gasteiger partial charge in [0, 0.05) is 25.7 Å². The minimum atomic E-state index is 0.347. The standard InChI is InChI=1S/C12H23N3O/c1-15-6-4-11(5-7-15)14-10-13-9-12-3-2-8-16-12/h2,8,11-14H,3-7,9-10H2,1H3. The van der Waals surface area contributed by atoms with Crippen molar-refractivity contribution in [3.8, 4) is 0 Å². The van der Waals surface area contributed by atoms with Crippen LogP contribution in [-0.2, 0) is 4.74 Å². The van der Waals surface area contributed by atoms with Gasteiger partial charge in [0.2, 0.25) is 0 Å². The Morgan fingerprint density at radius 1 is 1.38 bits per heavy atom. The van der Waals surface area contributed by atoms with Gasteiger partial charge in [-0.3, -0.25) is 0 Å². The van der Waals surface area contributed by atoms with Crippen molar-refractivity contribution >= 4 is 0 Å². The molecule has 0 aromatic heterocycles. The zero-order chi connectivity index (χ0) is 11.2. The molecule has 2 heterocycles. The molecule has 0 amide bonds. The van der Waals surface area contributed by atoms with E-state index in [4.69, 9.17) is 4.74 Å². The third-order valence-corrected chi connectivity index (χ3v) is 3.37. The van der Waals surface area contributed by atoms with E-state index in [1.165, 1.54) is 25.9 Å². The highest BCUT2D eigenvalue weighted by atomic mass is 16.5. The van der Waals surface area contributed by atoms with E-state index in [1.807, 2.05) is 0 Å². The maximum absolute atomic E-state index is 5.38. The summed E-state index contributed by atoms with van der Waals surface area (Å²) in [5.41, 5.74) is 0. The maximum Gasteiger partial charge on any atom is 0.114 e. The zero-order valence-electron chi connectivity index (χ0n) is 10.1. The first kappa shape index (κ1) is 11.9. The fourth-order valence-electron chi connectivity index (χ4n) is 2.22. The largest absolute Gasteiger partial charge is 0.497 e. The van der Waals surface area contributed by atoms with E-state index < -0.39 is 0 Å². The van der Waals surface area contributed by atoms with Gasteiger partial charge in [-0.1, -0.05) is 0 Å². The normalized spacial score (nSPS) is 27.2. The molecule has 0 radical (unpaired) electrons. The number of rotatable bonds is 5. The Morgan fingerprint density at radius 2 is 2.19 bits per heavy atom. The molecule has 92 valence electrons. The van der Waals surface area contributed by atoms with E-state index in [-0.39, 0.29) is 0 Å². The van der Waals surface area contributed by atoms with Gasteiger partial charge in [0.25, 0.3) is 0 Å². The van der Waals surface area contributed by atoms with Crippen LogP contribution in [0.3, 0.4) is 0 Å². The molecule has 1 fully saturated rings. The summed E-state index contributed by atoms with van der Waals surface area (Å²) in [7, 11) is 2.19. The minimum Gasteiger partial charge on any atom is -0.497 e. The van der Waals surface area contributed by atoms with Crippen LogP contribution >= 0.6 is 0 Å². The summed E-state index contributed by atoms with van der Waals surface area (Å²) in [4.78, 5) is 2.39. The number of hydrogen-bond acceptors (Lipinski definition) is 4. The minimum absolute atomic E-state index is 0.347. The van der Waals surface area contributed by atoms with E-state index in [9.17, 15) is 0 Å². The summed E-state index contributed by atoms with van der Waals surface area (Å²) < 4.78 is 5.38. The van der Waals surface area contributed by atoms with E-state index >= 15 is 0 Å². The number of likely N-dealkylation sites (tertiary alicyclic amines) is 1. The molecule has 2 rings (SSSR count). The van der Waals surface area contributed by atoms with E-state index in [2.05, 4.69) is 28.7 Å². The molecule has 1 atom stereocenters. The van der Waals surface area contributed by atoms with Crippen LogP contribution in [0.15, 0.2) is 12.3 Å². The second kappa shape index (κ2) is 6.23. The van der Waals surface area contributed by atoms with E-state index in [1.54, 1.807) is 6.26 Å². The van der Waals surface area contributed by atoms with Gasteiger partial charge < -0.3 is 20.3 Å². The first-order chi connectivity index (χ1) is 7.84. The molecule has 2 N–H and O–H groups in total. The summed E-state index contributed by atoms with van der Waals surface area (Å²) >= 11 is 0. The lowest BCUT2D eigenvalue weighted by molar-refractivity contribution is 0.165. The van der Waals surface area contributed by atoms with Crippen molar-refractivity contribution in [2.45, 2.75) is 31.4 Å². The first-order valence-corrected chi connectivity index (χ1v) is 6.27. The van der Waals surface area contributed by atoms with Gasteiger partial charge in [-0.05, 0) is 39.1 Å². The van der Waals surface area contributed by atoms with Gasteiger partial charge in [-0.15, -0.1) is 0 Å². The van der Waals surface area contributed by atoms with Crippen molar-refractivity contribution in [2.75, 3.05) is 33.4 Å². The number of ether oxygens (including phenoxy) is 1. The summed E-state index contributed by atoms with van der Waals surface area (Å²) in [6.45, 7) is 4.27. The Morgan fingerprint density at radius 3 is 2.88 bits per heavy atom. The van der Waals surface area contributed by atoms with Crippen LogP contribution in [0.1, 0.15) is 19.3 Å². The Labute approximate surface area is 98.0 Å². The van der Waals surface area contributed by atoms with E-state index in [0.717, 1.165) is 19.6 Å². The molecule has 1 saturated heterocycles. The summed E-state index contributed by atoms with van der Waals surface area (Å²) in [6.07, 6.45) is 7.80. The highest BCUT2D eigenvalue weighted by molar-refractivity contribution is 4.87. The third-order valence-electron chi connectivity index (χ3n) is 3.37. The Kier molecular flexibility index (Phi) is 4.63. The van der Waals surface area contributed by atoms with Crippen LogP contribution in [0, 0.1) is 0 Å². The average Bonchev–Trinajstić information content (AvgIpc) is 2.80. The Balaban J connectivity index is 1.48. The zero-order valence-corrected chi connectivity index (χ0v) is 10.1. The molecule has 0 aromatic carbocycles. The highest BCUT2D eigenvalue weighted by Crippen LogP contribution is 2.08. The summed E-state index contributed by atoms with van der Waals surface area (Å²) in [5.74, 6) is 0. The van der Waals surface area contributed by atoms with Crippen LogP contribution in [0.25, 0.3) is 0 Å². The summed E-state index contributed by atoms with van der Waals surface area (Å²) in [5, 5.41) is 6.95. The molecule has 0 bridgehead atoms. The van der Waals surface area contributed by atoms with Gasteiger partial charge in [-0.25, -0.2) is 0 Å². The quantitative estimate of drug-likeness (QED) is 0.528. The maximum atomic E-state index is 5.38. The molecule has 0 aromatic rings. The molecule has 16 heavy (non-hydrogen) atoms. The topological polar surface area (TPSA) is 36.5 Å². The molecule has 2 aliphatic heterocycles. The molecule has 2 aliphatic rings. The third kappa shape index (κ3) is 3.77. The molecule has 0 spiro atoms. The second-order valence-corrected chi connectivity index (χ2v) is 4.78. The van der Waals surface area contributed by atoms with Crippen LogP contribution in [0.2, 0.25) is 0 Å². The van der Waals surface area contributed by atoms with Gasteiger partial charge in [0.15, 0.2) is 0 Å². The van der Waals surface area contributed by atoms with Crippen LogP contribution in [0.4, 0.5) is 0 Å². The Hall–Kier alpha value is -0.580. The lowest BCUT2D eigenvalue weighted by Crippen LogP contribution is -2.45. The van der Waals surface area contributed by atoms with Gasteiger partial charge in [0.05, 0.1) is 6.26 Å². The van der Waals surface area contributed by atoms with Gasteiger partial charge in [0.1, 0.15) is 6.10 Å². The number of nitrogens with zero attached hydrogens (tertiary/aromatic N) is 1. The van der Waals surface area contributed by atoms with Crippen LogP contribution in [-0.4, -0.2) is 50.4 Å². The SMILES string of the molecule is CN1CCC(NCNCC2CC=CO2)CC1. The van der Waals surface area contributed by atoms with Crippen LogP contribution < -0.4 is 10.6 Å². The summed E-state index contributed by atoms with van der Waals surface area (Å²) in [6, 6.07) is 0.686. The van der Waals surface area contributed by atoms with Crippen molar-refractivity contribution in [3.05, 3.63) is 12.3 Å². The highest BCUT2D eigenvalue weighted by Gasteiger charge is 2.15. The molecule has 0 aliphatic carbocycles. The molecule has 4 heteroatoms. The van der Waals surface area contributed by atoms with Gasteiger partial charge >= 0.3 is 0 Å². The molecule has 4 nitrogen and oxygen atoms in total. The van der Waals surface area contributed by atoms with Crippen molar-refractivity contribution in [2.24, 2.45) is 0 Å². The van der Waals surface area contributed by atoms with Crippen molar-refractivity contribution in [3.63, 3.8) is 0 Å². The molecule has 1 unspecified atom stereocenters. The predicted octanol–water partition coefficient (Wildman–Crippen LogP) is 0.520. The smallest absolute Gasteiger partial charge is 0.114 e. The number of nitrogens with one attached hydrogen (secondary N) is 2. The fraction of sp³-hybridized carbons (Fsp3) is 0.833. The molecule has 0 saturated carbocycles. The lowest BCUT2D eigenvalue weighted by Gasteiger charge is -2.29. The number of piperidine rings is 1. The fourth-order valence-corrected chi connectivity index (χ4v) is 2.22. The lowest BCUT2D eigenvalue weighted by atomic mass is 10.1. The van der Waals surface area contributed by atoms with Crippen LogP contribution in [0.5, 0.6) is 0 Å². The van der Waals surface area contributed by atoms with Crippen molar-refractivity contribution < 1.29 is 4.74 Å². The van der Waals surface area contributed by atoms with E-state index in [0.29, 0.717) is 12.1 Å². The molecular weight excluding hydrogens is 202 g/mol. The monoisotopic (exact) mass is 225 g/mol. The second-order valence-electron chi connectivity index (χ2n) is 4.78. The van der Waals surface area contributed by atoms with Crippen molar-refractivity contribution in [1.29, 1.82) is 0 Å². The van der Waals surface area contributed by atoms with Gasteiger partial charge in [-0.2, -0.15) is 0 Å². The average molecular weight is 225 g/mol. The predicted molar refractivity (Wildman–Crippen MR) is 65.2 cm³/mol. The number of hydrogen-bond donors (Lipinski definition) is 2. The molecular formula is C12H23N3O.